The molecule has 0 saturated carbocycles. The quantitative estimate of drug-likeness (QED) is 0.870. The largest absolute Gasteiger partial charge is 0.493 e. The average molecular weight is 341 g/mol. The molecule has 0 saturated heterocycles. The summed E-state index contributed by atoms with van der Waals surface area (Å²) in [5.74, 6) is -1.12. The minimum absolute atomic E-state index is 0. The topological polar surface area (TPSA) is 87.6 Å². The highest BCUT2D eigenvalue weighted by atomic mass is 35.5. The minimum Gasteiger partial charge on any atom is -0.493 e. The van der Waals surface area contributed by atoms with Crippen molar-refractivity contribution >= 4 is 18.3 Å². The van der Waals surface area contributed by atoms with Crippen molar-refractivity contribution in [1.29, 1.82) is 0 Å². The molecule has 1 atom stereocenters. The SMILES string of the molecule is COc1cc(F)c(C(N)(C(N)=O)c2ccccc2)cc1OC.Cl. The Balaban J connectivity index is 0.00000264. The van der Waals surface area contributed by atoms with E-state index in [1.165, 1.54) is 20.3 Å². The Morgan fingerprint density at radius 2 is 1.61 bits per heavy atom. The van der Waals surface area contributed by atoms with Gasteiger partial charge in [0.25, 0.3) is 0 Å². The zero-order chi connectivity index (χ0) is 16.3. The van der Waals surface area contributed by atoms with Gasteiger partial charge in [-0.15, -0.1) is 12.4 Å². The van der Waals surface area contributed by atoms with Crippen molar-refractivity contribution in [3.8, 4) is 11.5 Å². The Morgan fingerprint density at radius 3 is 2.09 bits per heavy atom. The first-order chi connectivity index (χ1) is 10.4. The molecular weight excluding hydrogens is 323 g/mol. The second kappa shape index (κ2) is 7.30. The lowest BCUT2D eigenvalue weighted by atomic mass is 9.82. The van der Waals surface area contributed by atoms with Crippen LogP contribution in [0.5, 0.6) is 11.5 Å². The van der Waals surface area contributed by atoms with Crippen LogP contribution >= 0.6 is 12.4 Å². The van der Waals surface area contributed by atoms with Crippen molar-refractivity contribution in [2.75, 3.05) is 14.2 Å². The van der Waals surface area contributed by atoms with E-state index in [1.807, 2.05) is 0 Å². The summed E-state index contributed by atoms with van der Waals surface area (Å²) in [6.45, 7) is 0. The molecule has 0 aliphatic heterocycles. The lowest BCUT2D eigenvalue weighted by Gasteiger charge is -2.28. The molecule has 0 aromatic heterocycles. The fourth-order valence-electron chi connectivity index (χ4n) is 2.29. The molecule has 5 nitrogen and oxygen atoms in total. The van der Waals surface area contributed by atoms with Crippen molar-refractivity contribution in [1.82, 2.24) is 0 Å². The molecule has 23 heavy (non-hydrogen) atoms. The van der Waals surface area contributed by atoms with Crippen molar-refractivity contribution in [2.45, 2.75) is 5.54 Å². The highest BCUT2D eigenvalue weighted by Gasteiger charge is 2.39. The van der Waals surface area contributed by atoms with Gasteiger partial charge in [-0.25, -0.2) is 4.39 Å². The number of carbonyl (C=O) groups is 1. The number of carbonyl (C=O) groups excluding carboxylic acids is 1. The number of benzene rings is 2. The summed E-state index contributed by atoms with van der Waals surface area (Å²) in [5, 5.41) is 0. The van der Waals surface area contributed by atoms with Crippen LogP contribution in [0.15, 0.2) is 42.5 Å². The van der Waals surface area contributed by atoms with E-state index in [4.69, 9.17) is 20.9 Å². The van der Waals surface area contributed by atoms with Gasteiger partial charge in [0, 0.05) is 11.6 Å². The summed E-state index contributed by atoms with van der Waals surface area (Å²) in [5.41, 5.74) is 10.1. The molecule has 0 aliphatic carbocycles. The molecule has 0 heterocycles. The van der Waals surface area contributed by atoms with Crippen LogP contribution in [0.4, 0.5) is 4.39 Å². The third kappa shape index (κ3) is 3.23. The highest BCUT2D eigenvalue weighted by molar-refractivity contribution is 5.90. The molecule has 0 aliphatic rings. The lowest BCUT2D eigenvalue weighted by Crippen LogP contribution is -2.50. The molecule has 2 aromatic rings. The third-order valence-electron chi connectivity index (χ3n) is 3.52. The predicted molar refractivity (Wildman–Crippen MR) is 87.4 cm³/mol. The van der Waals surface area contributed by atoms with Gasteiger partial charge in [0.05, 0.1) is 14.2 Å². The van der Waals surface area contributed by atoms with Crippen LogP contribution < -0.4 is 20.9 Å². The predicted octanol–water partition coefficient (Wildman–Crippen LogP) is 1.95. The molecule has 7 heteroatoms. The number of ether oxygens (including phenoxy) is 2. The van der Waals surface area contributed by atoms with Gasteiger partial charge in [0.1, 0.15) is 11.4 Å². The van der Waals surface area contributed by atoms with Gasteiger partial charge in [0.2, 0.25) is 5.91 Å². The maximum atomic E-state index is 14.5. The van der Waals surface area contributed by atoms with Crippen LogP contribution in [0.1, 0.15) is 11.1 Å². The van der Waals surface area contributed by atoms with E-state index in [1.54, 1.807) is 30.3 Å². The minimum atomic E-state index is -1.81. The van der Waals surface area contributed by atoms with E-state index in [0.717, 1.165) is 6.07 Å². The van der Waals surface area contributed by atoms with Crippen LogP contribution in [0.2, 0.25) is 0 Å². The Kier molecular flexibility index (Phi) is 5.95. The third-order valence-corrected chi connectivity index (χ3v) is 3.52. The molecule has 4 N–H and O–H groups in total. The Hall–Kier alpha value is -2.31. The summed E-state index contributed by atoms with van der Waals surface area (Å²) < 4.78 is 24.6. The summed E-state index contributed by atoms with van der Waals surface area (Å²) in [6.07, 6.45) is 0. The average Bonchev–Trinajstić information content (AvgIpc) is 2.54. The normalized spacial score (nSPS) is 12.7. The van der Waals surface area contributed by atoms with Crippen molar-refractivity contribution in [2.24, 2.45) is 11.5 Å². The van der Waals surface area contributed by atoms with Gasteiger partial charge >= 0.3 is 0 Å². The number of amides is 1. The maximum absolute atomic E-state index is 14.5. The molecule has 0 bridgehead atoms. The lowest BCUT2D eigenvalue weighted by molar-refractivity contribution is -0.122. The Morgan fingerprint density at radius 1 is 1.09 bits per heavy atom. The molecule has 124 valence electrons. The molecule has 2 aromatic carbocycles. The second-order valence-electron chi connectivity index (χ2n) is 4.73. The molecule has 2 rings (SSSR count). The summed E-state index contributed by atoms with van der Waals surface area (Å²) in [6, 6.07) is 10.8. The van der Waals surface area contributed by atoms with Crippen LogP contribution in [0, 0.1) is 5.82 Å². The van der Waals surface area contributed by atoms with Crippen molar-refractivity contribution in [3.05, 3.63) is 59.4 Å². The Labute approximate surface area is 139 Å². The molecule has 0 fully saturated rings. The zero-order valence-electron chi connectivity index (χ0n) is 12.7. The number of nitrogens with two attached hydrogens (primary N) is 2. The van der Waals surface area contributed by atoms with E-state index >= 15 is 0 Å². The van der Waals surface area contributed by atoms with E-state index < -0.39 is 17.3 Å². The first kappa shape index (κ1) is 18.7. The number of primary amides is 1. The van der Waals surface area contributed by atoms with Crippen molar-refractivity contribution < 1.29 is 18.7 Å². The summed E-state index contributed by atoms with van der Waals surface area (Å²) >= 11 is 0. The van der Waals surface area contributed by atoms with Gasteiger partial charge < -0.3 is 20.9 Å². The first-order valence-electron chi connectivity index (χ1n) is 6.51. The van der Waals surface area contributed by atoms with Crippen LogP contribution in [-0.4, -0.2) is 20.1 Å². The number of halogens is 2. The van der Waals surface area contributed by atoms with Crippen molar-refractivity contribution in [3.63, 3.8) is 0 Å². The molecule has 1 amide bonds. The summed E-state index contributed by atoms with van der Waals surface area (Å²) in [4.78, 5) is 12.0. The smallest absolute Gasteiger partial charge is 0.246 e. The monoisotopic (exact) mass is 340 g/mol. The summed E-state index contributed by atoms with van der Waals surface area (Å²) in [7, 11) is 2.79. The van der Waals surface area contributed by atoms with E-state index in [2.05, 4.69) is 0 Å². The number of rotatable bonds is 5. The van der Waals surface area contributed by atoms with Gasteiger partial charge in [-0.3, -0.25) is 4.79 Å². The van der Waals surface area contributed by atoms with Gasteiger partial charge in [0.15, 0.2) is 11.5 Å². The molecule has 1 unspecified atom stereocenters. The van der Waals surface area contributed by atoms with Crippen LogP contribution in [-0.2, 0) is 10.3 Å². The van der Waals surface area contributed by atoms with Gasteiger partial charge in [-0.1, -0.05) is 30.3 Å². The van der Waals surface area contributed by atoms with Crippen LogP contribution in [0.25, 0.3) is 0 Å². The standard InChI is InChI=1S/C16H17FN2O3.ClH/c1-21-13-8-11(12(17)9-14(13)22-2)16(19,15(18)20)10-6-4-3-5-7-10;/h3-9H,19H2,1-2H3,(H2,18,20);1H. The Bertz CT molecular complexity index is 697. The second-order valence-corrected chi connectivity index (χ2v) is 4.73. The molecular formula is C16H18ClFN2O3. The molecule has 0 radical (unpaired) electrons. The zero-order valence-corrected chi connectivity index (χ0v) is 13.5. The molecule has 0 spiro atoms. The van der Waals surface area contributed by atoms with Gasteiger partial charge in [-0.05, 0) is 11.6 Å². The van der Waals surface area contributed by atoms with Crippen LogP contribution in [0.3, 0.4) is 0 Å². The first-order valence-corrected chi connectivity index (χ1v) is 6.51. The fraction of sp³-hybridized carbons (Fsp3) is 0.188. The van der Waals surface area contributed by atoms with Gasteiger partial charge in [-0.2, -0.15) is 0 Å². The van der Waals surface area contributed by atoms with E-state index in [-0.39, 0.29) is 29.5 Å². The maximum Gasteiger partial charge on any atom is 0.246 e. The number of methoxy groups -OCH3 is 2. The van der Waals surface area contributed by atoms with E-state index in [0.29, 0.717) is 5.56 Å². The fourth-order valence-corrected chi connectivity index (χ4v) is 2.29. The highest BCUT2D eigenvalue weighted by Crippen LogP contribution is 2.36. The van der Waals surface area contributed by atoms with E-state index in [9.17, 15) is 9.18 Å². The number of hydrogen-bond donors (Lipinski definition) is 2. The number of hydrogen-bond acceptors (Lipinski definition) is 4.